The van der Waals surface area contributed by atoms with Crippen LogP contribution in [0.1, 0.15) is 19.8 Å². The molecule has 2 unspecified atom stereocenters. The standard InChI is InChI=1S/C10H18N2O2/c1-9-6-14-10(7-11(9)2)4-3-5-12(10)8-13/h8-9H,3-7H2,1-2H3. The van der Waals surface area contributed by atoms with E-state index >= 15 is 0 Å². The number of hydrogen-bond donors (Lipinski definition) is 0. The first-order chi connectivity index (χ1) is 6.68. The second-order valence-corrected chi connectivity index (χ2v) is 4.42. The van der Waals surface area contributed by atoms with Gasteiger partial charge in [-0.25, -0.2) is 0 Å². The van der Waals surface area contributed by atoms with E-state index in [-0.39, 0.29) is 5.72 Å². The fraction of sp³-hybridized carbons (Fsp3) is 0.900. The van der Waals surface area contributed by atoms with Gasteiger partial charge in [0.05, 0.1) is 6.61 Å². The van der Waals surface area contributed by atoms with Crippen LogP contribution in [0, 0.1) is 0 Å². The van der Waals surface area contributed by atoms with E-state index < -0.39 is 0 Å². The van der Waals surface area contributed by atoms with E-state index in [2.05, 4.69) is 18.9 Å². The molecular weight excluding hydrogens is 180 g/mol. The van der Waals surface area contributed by atoms with Crippen LogP contribution in [-0.2, 0) is 9.53 Å². The minimum atomic E-state index is -0.316. The number of nitrogens with zero attached hydrogens (tertiary/aromatic N) is 2. The van der Waals surface area contributed by atoms with Crippen LogP contribution in [0.5, 0.6) is 0 Å². The van der Waals surface area contributed by atoms with E-state index in [0.29, 0.717) is 6.04 Å². The van der Waals surface area contributed by atoms with Crippen molar-refractivity contribution in [1.82, 2.24) is 9.80 Å². The number of amides is 1. The third-order valence-corrected chi connectivity index (χ3v) is 3.46. The molecule has 4 nitrogen and oxygen atoms in total. The quantitative estimate of drug-likeness (QED) is 0.568. The van der Waals surface area contributed by atoms with Gasteiger partial charge in [-0.1, -0.05) is 0 Å². The third-order valence-electron chi connectivity index (χ3n) is 3.46. The molecule has 0 N–H and O–H groups in total. The van der Waals surface area contributed by atoms with Gasteiger partial charge >= 0.3 is 0 Å². The van der Waals surface area contributed by atoms with Crippen LogP contribution >= 0.6 is 0 Å². The Kier molecular flexibility index (Phi) is 2.49. The summed E-state index contributed by atoms with van der Waals surface area (Å²) in [6.45, 7) is 4.55. The number of likely N-dealkylation sites (N-methyl/N-ethyl adjacent to an activating group) is 1. The Hall–Kier alpha value is -0.610. The van der Waals surface area contributed by atoms with Crippen LogP contribution in [0.15, 0.2) is 0 Å². The summed E-state index contributed by atoms with van der Waals surface area (Å²) in [7, 11) is 2.09. The van der Waals surface area contributed by atoms with Crippen molar-refractivity contribution in [3.8, 4) is 0 Å². The SMILES string of the molecule is CC1COC2(CCCN2C=O)CN1C. The van der Waals surface area contributed by atoms with Crippen molar-refractivity contribution in [3.05, 3.63) is 0 Å². The first kappa shape index (κ1) is 9.93. The summed E-state index contributed by atoms with van der Waals surface area (Å²) < 4.78 is 5.87. The van der Waals surface area contributed by atoms with Gasteiger partial charge in [-0.3, -0.25) is 9.69 Å². The lowest BCUT2D eigenvalue weighted by molar-refractivity contribution is -0.189. The van der Waals surface area contributed by atoms with Crippen LogP contribution in [0.2, 0.25) is 0 Å². The fourth-order valence-corrected chi connectivity index (χ4v) is 2.34. The van der Waals surface area contributed by atoms with Crippen molar-refractivity contribution in [2.75, 3.05) is 26.7 Å². The molecule has 2 rings (SSSR count). The molecule has 2 fully saturated rings. The van der Waals surface area contributed by atoms with Crippen LogP contribution in [0.4, 0.5) is 0 Å². The maximum absolute atomic E-state index is 10.9. The van der Waals surface area contributed by atoms with E-state index in [1.165, 1.54) is 0 Å². The molecule has 1 amide bonds. The monoisotopic (exact) mass is 198 g/mol. The highest BCUT2D eigenvalue weighted by molar-refractivity contribution is 5.49. The molecule has 2 aliphatic rings. The predicted octanol–water partition coefficient (Wildman–Crippen LogP) is 0.285. The number of likely N-dealkylation sites (tertiary alicyclic amines) is 1. The zero-order valence-corrected chi connectivity index (χ0v) is 8.90. The molecule has 1 spiro atoms. The largest absolute Gasteiger partial charge is 0.353 e. The number of ether oxygens (including phenoxy) is 1. The molecule has 2 atom stereocenters. The highest BCUT2D eigenvalue weighted by Gasteiger charge is 2.45. The van der Waals surface area contributed by atoms with Gasteiger partial charge in [0.2, 0.25) is 6.41 Å². The molecular formula is C10H18N2O2. The van der Waals surface area contributed by atoms with Crippen molar-refractivity contribution in [2.24, 2.45) is 0 Å². The van der Waals surface area contributed by atoms with E-state index in [0.717, 1.165) is 38.9 Å². The first-order valence-corrected chi connectivity index (χ1v) is 5.24. The smallest absolute Gasteiger partial charge is 0.211 e. The fourth-order valence-electron chi connectivity index (χ4n) is 2.34. The van der Waals surface area contributed by atoms with E-state index in [9.17, 15) is 4.79 Å². The Morgan fingerprint density at radius 3 is 3.00 bits per heavy atom. The lowest BCUT2D eigenvalue weighted by Crippen LogP contribution is -2.59. The second kappa shape index (κ2) is 3.51. The van der Waals surface area contributed by atoms with Crippen molar-refractivity contribution in [1.29, 1.82) is 0 Å². The molecule has 0 aromatic heterocycles. The summed E-state index contributed by atoms with van der Waals surface area (Å²) in [5, 5.41) is 0. The third kappa shape index (κ3) is 1.42. The molecule has 4 heteroatoms. The molecule has 2 heterocycles. The molecule has 2 saturated heterocycles. The highest BCUT2D eigenvalue weighted by atomic mass is 16.5. The number of hydrogen-bond acceptors (Lipinski definition) is 3. The normalized spacial score (nSPS) is 39.3. The van der Waals surface area contributed by atoms with Gasteiger partial charge in [0.25, 0.3) is 0 Å². The summed E-state index contributed by atoms with van der Waals surface area (Å²) in [5.74, 6) is 0. The van der Waals surface area contributed by atoms with E-state index in [1.54, 1.807) is 0 Å². The zero-order valence-electron chi connectivity index (χ0n) is 8.90. The number of rotatable bonds is 1. The average molecular weight is 198 g/mol. The zero-order chi connectivity index (χ0) is 10.2. The predicted molar refractivity (Wildman–Crippen MR) is 52.8 cm³/mol. The van der Waals surface area contributed by atoms with E-state index in [1.807, 2.05) is 4.90 Å². The molecule has 0 aliphatic carbocycles. The topological polar surface area (TPSA) is 32.8 Å². The van der Waals surface area contributed by atoms with Crippen molar-refractivity contribution in [2.45, 2.75) is 31.5 Å². The van der Waals surface area contributed by atoms with Gasteiger partial charge in [-0.15, -0.1) is 0 Å². The Morgan fingerprint density at radius 2 is 2.36 bits per heavy atom. The first-order valence-electron chi connectivity index (χ1n) is 5.24. The lowest BCUT2D eigenvalue weighted by Gasteiger charge is -2.45. The van der Waals surface area contributed by atoms with Crippen molar-refractivity contribution < 1.29 is 9.53 Å². The molecule has 0 aromatic rings. The summed E-state index contributed by atoms with van der Waals surface area (Å²) >= 11 is 0. The Labute approximate surface area is 84.8 Å². The molecule has 80 valence electrons. The molecule has 14 heavy (non-hydrogen) atoms. The van der Waals surface area contributed by atoms with Crippen molar-refractivity contribution >= 4 is 6.41 Å². The van der Waals surface area contributed by atoms with Gasteiger partial charge in [-0.05, 0) is 26.8 Å². The molecule has 2 aliphatic heterocycles. The maximum Gasteiger partial charge on any atom is 0.211 e. The Morgan fingerprint density at radius 1 is 1.57 bits per heavy atom. The Bertz CT molecular complexity index is 234. The van der Waals surface area contributed by atoms with Crippen LogP contribution < -0.4 is 0 Å². The number of carbonyl (C=O) groups is 1. The average Bonchev–Trinajstić information content (AvgIpc) is 2.55. The van der Waals surface area contributed by atoms with Gasteiger partial charge < -0.3 is 9.64 Å². The highest BCUT2D eigenvalue weighted by Crippen LogP contribution is 2.33. The lowest BCUT2D eigenvalue weighted by atomic mass is 10.1. The Balaban J connectivity index is 2.12. The minimum absolute atomic E-state index is 0.316. The summed E-state index contributed by atoms with van der Waals surface area (Å²) in [6, 6.07) is 0.453. The maximum atomic E-state index is 10.9. The van der Waals surface area contributed by atoms with Gasteiger partial charge in [0.15, 0.2) is 5.72 Å². The van der Waals surface area contributed by atoms with Crippen LogP contribution in [0.25, 0.3) is 0 Å². The summed E-state index contributed by atoms with van der Waals surface area (Å²) in [6.07, 6.45) is 2.96. The molecule has 0 bridgehead atoms. The minimum Gasteiger partial charge on any atom is -0.353 e. The number of morpholine rings is 1. The van der Waals surface area contributed by atoms with Gasteiger partial charge in [-0.2, -0.15) is 0 Å². The van der Waals surface area contributed by atoms with Gasteiger partial charge in [0, 0.05) is 19.1 Å². The summed E-state index contributed by atoms with van der Waals surface area (Å²) in [4.78, 5) is 15.0. The molecule has 0 radical (unpaired) electrons. The summed E-state index contributed by atoms with van der Waals surface area (Å²) in [5.41, 5.74) is -0.316. The molecule has 0 saturated carbocycles. The van der Waals surface area contributed by atoms with Crippen LogP contribution in [-0.4, -0.2) is 54.7 Å². The van der Waals surface area contributed by atoms with Crippen molar-refractivity contribution in [3.63, 3.8) is 0 Å². The van der Waals surface area contributed by atoms with E-state index in [4.69, 9.17) is 4.74 Å². The van der Waals surface area contributed by atoms with Gasteiger partial charge in [0.1, 0.15) is 0 Å². The van der Waals surface area contributed by atoms with Crippen LogP contribution in [0.3, 0.4) is 0 Å². The second-order valence-electron chi connectivity index (χ2n) is 4.42. The number of carbonyl (C=O) groups excluding carboxylic acids is 1. The molecule has 0 aromatic carbocycles.